The molecule has 2 amide bonds. The molecule has 0 saturated carbocycles. The van der Waals surface area contributed by atoms with E-state index in [1.165, 1.54) is 7.11 Å². The summed E-state index contributed by atoms with van der Waals surface area (Å²) in [6.07, 6.45) is 0.444. The zero-order valence-electron chi connectivity index (χ0n) is 16.9. The van der Waals surface area contributed by atoms with E-state index in [9.17, 15) is 14.4 Å². The van der Waals surface area contributed by atoms with Crippen LogP contribution in [0.4, 0.5) is 5.69 Å². The first-order valence-electron chi connectivity index (χ1n) is 9.50. The highest BCUT2D eigenvalue weighted by atomic mass is 16.5. The molecule has 30 heavy (non-hydrogen) atoms. The van der Waals surface area contributed by atoms with Gasteiger partial charge in [-0.15, -0.1) is 0 Å². The predicted molar refractivity (Wildman–Crippen MR) is 109 cm³/mol. The van der Waals surface area contributed by atoms with E-state index in [0.29, 0.717) is 22.7 Å². The van der Waals surface area contributed by atoms with Crippen molar-refractivity contribution in [3.63, 3.8) is 0 Å². The molecule has 2 aromatic rings. The summed E-state index contributed by atoms with van der Waals surface area (Å²) in [6, 6.07) is 13.6. The molecule has 0 spiro atoms. The third-order valence-electron chi connectivity index (χ3n) is 5.06. The van der Waals surface area contributed by atoms with Crippen molar-refractivity contribution < 1.29 is 28.6 Å². The highest BCUT2D eigenvalue weighted by molar-refractivity contribution is 5.97. The van der Waals surface area contributed by atoms with Gasteiger partial charge in [-0.1, -0.05) is 18.2 Å². The molecule has 0 radical (unpaired) electrons. The highest BCUT2D eigenvalue weighted by Crippen LogP contribution is 2.43. The predicted octanol–water partition coefficient (Wildman–Crippen LogP) is 2.22. The van der Waals surface area contributed by atoms with Crippen LogP contribution in [0.25, 0.3) is 0 Å². The van der Waals surface area contributed by atoms with E-state index < -0.39 is 30.4 Å². The van der Waals surface area contributed by atoms with Crippen LogP contribution in [0.5, 0.6) is 11.5 Å². The summed E-state index contributed by atoms with van der Waals surface area (Å²) in [7, 11) is 3.09. The number of hydrogen-bond acceptors (Lipinski definition) is 6. The summed E-state index contributed by atoms with van der Waals surface area (Å²) >= 11 is 0. The number of carbonyl (C=O) groups is 3. The lowest BCUT2D eigenvalue weighted by atomic mass is 9.83. The number of hydrogen-bond donors (Lipinski definition) is 1. The Balaban J connectivity index is 2.07. The van der Waals surface area contributed by atoms with Gasteiger partial charge < -0.3 is 24.8 Å². The van der Waals surface area contributed by atoms with Gasteiger partial charge in [-0.3, -0.25) is 14.4 Å². The number of esters is 1. The van der Waals surface area contributed by atoms with E-state index in [1.807, 2.05) is 18.2 Å². The van der Waals surface area contributed by atoms with E-state index in [0.717, 1.165) is 0 Å². The van der Waals surface area contributed by atoms with Gasteiger partial charge in [0.15, 0.2) is 6.61 Å². The molecule has 2 atom stereocenters. The summed E-state index contributed by atoms with van der Waals surface area (Å²) in [5, 5.41) is 0. The number of nitrogens with zero attached hydrogens (tertiary/aromatic N) is 1. The Morgan fingerprint density at radius 3 is 2.40 bits per heavy atom. The van der Waals surface area contributed by atoms with Crippen molar-refractivity contribution in [2.45, 2.75) is 18.9 Å². The Hall–Kier alpha value is -3.55. The van der Waals surface area contributed by atoms with Crippen LogP contribution in [-0.2, 0) is 19.1 Å². The SMILES string of the molecule is COc1ccc(N2C(=O)CC[C@@H](C(=O)OCC(N)=O)[C@H]2c2ccccc2OC)cc1. The van der Waals surface area contributed by atoms with E-state index in [4.69, 9.17) is 19.9 Å². The number of methoxy groups -OCH3 is 2. The lowest BCUT2D eigenvalue weighted by Gasteiger charge is -2.40. The minimum Gasteiger partial charge on any atom is -0.497 e. The molecule has 1 heterocycles. The lowest BCUT2D eigenvalue weighted by Crippen LogP contribution is -2.46. The summed E-state index contributed by atoms with van der Waals surface area (Å²) in [4.78, 5) is 38.5. The minimum absolute atomic E-state index is 0.130. The summed E-state index contributed by atoms with van der Waals surface area (Å²) in [5.41, 5.74) is 6.40. The van der Waals surface area contributed by atoms with Crippen molar-refractivity contribution in [2.24, 2.45) is 11.7 Å². The van der Waals surface area contributed by atoms with Crippen molar-refractivity contribution in [3.8, 4) is 11.5 Å². The maximum absolute atomic E-state index is 13.0. The average molecular weight is 412 g/mol. The molecule has 0 unspecified atom stereocenters. The van der Waals surface area contributed by atoms with E-state index in [2.05, 4.69) is 0 Å². The Bertz CT molecular complexity index is 927. The second-order valence-electron chi connectivity index (χ2n) is 6.87. The van der Waals surface area contributed by atoms with Crippen LogP contribution >= 0.6 is 0 Å². The van der Waals surface area contributed by atoms with Gasteiger partial charge >= 0.3 is 5.97 Å². The van der Waals surface area contributed by atoms with Gasteiger partial charge in [0.1, 0.15) is 11.5 Å². The molecule has 0 aliphatic carbocycles. The van der Waals surface area contributed by atoms with Gasteiger partial charge in [-0.25, -0.2) is 0 Å². The monoisotopic (exact) mass is 412 g/mol. The first-order chi connectivity index (χ1) is 14.5. The zero-order valence-corrected chi connectivity index (χ0v) is 16.9. The van der Waals surface area contributed by atoms with E-state index >= 15 is 0 Å². The third-order valence-corrected chi connectivity index (χ3v) is 5.06. The molecule has 2 aromatic carbocycles. The van der Waals surface area contributed by atoms with Crippen molar-refractivity contribution in [1.29, 1.82) is 0 Å². The third kappa shape index (κ3) is 4.37. The number of piperidine rings is 1. The molecule has 0 aromatic heterocycles. The van der Waals surface area contributed by atoms with Crippen molar-refractivity contribution in [1.82, 2.24) is 0 Å². The summed E-state index contributed by atoms with van der Waals surface area (Å²) < 4.78 is 15.8. The summed E-state index contributed by atoms with van der Waals surface area (Å²) in [5.74, 6) is -0.958. The highest BCUT2D eigenvalue weighted by Gasteiger charge is 2.43. The quantitative estimate of drug-likeness (QED) is 0.699. The molecule has 1 saturated heterocycles. The van der Waals surface area contributed by atoms with Crippen molar-refractivity contribution in [2.75, 3.05) is 25.7 Å². The van der Waals surface area contributed by atoms with Crippen molar-refractivity contribution >= 4 is 23.5 Å². The fourth-order valence-corrected chi connectivity index (χ4v) is 3.70. The van der Waals surface area contributed by atoms with Crippen molar-refractivity contribution in [3.05, 3.63) is 54.1 Å². The van der Waals surface area contributed by atoms with E-state index in [1.54, 1.807) is 42.3 Å². The first kappa shape index (κ1) is 21.2. The number of ether oxygens (including phenoxy) is 3. The number of anilines is 1. The van der Waals surface area contributed by atoms with Crippen LogP contribution in [0.3, 0.4) is 0 Å². The zero-order chi connectivity index (χ0) is 21.7. The number of benzene rings is 2. The molecule has 2 N–H and O–H groups in total. The van der Waals surface area contributed by atoms with E-state index in [-0.39, 0.29) is 18.7 Å². The Labute approximate surface area is 174 Å². The van der Waals surface area contributed by atoms with Crippen LogP contribution in [0.15, 0.2) is 48.5 Å². The number of carbonyl (C=O) groups excluding carboxylic acids is 3. The second kappa shape index (κ2) is 9.30. The van der Waals surface area contributed by atoms with Gasteiger partial charge in [-0.2, -0.15) is 0 Å². The minimum atomic E-state index is -0.740. The molecule has 1 fully saturated rings. The molecular weight excluding hydrogens is 388 g/mol. The number of amides is 2. The number of rotatable bonds is 7. The molecule has 3 rings (SSSR count). The molecule has 158 valence electrons. The van der Waals surface area contributed by atoms with Crippen LogP contribution in [0, 0.1) is 5.92 Å². The maximum atomic E-state index is 13.0. The molecule has 0 bridgehead atoms. The Kier molecular flexibility index (Phi) is 6.56. The number of nitrogens with two attached hydrogens (primary N) is 1. The smallest absolute Gasteiger partial charge is 0.311 e. The topological polar surface area (TPSA) is 108 Å². The van der Waals surface area contributed by atoms with Gasteiger partial charge in [0, 0.05) is 17.7 Å². The molecule has 1 aliphatic heterocycles. The van der Waals surface area contributed by atoms with Crippen LogP contribution in [-0.4, -0.2) is 38.6 Å². The van der Waals surface area contributed by atoms with Crippen LogP contribution < -0.4 is 20.1 Å². The fourth-order valence-electron chi connectivity index (χ4n) is 3.70. The normalized spacial score (nSPS) is 18.6. The van der Waals surface area contributed by atoms with Crippen LogP contribution in [0.1, 0.15) is 24.4 Å². The van der Waals surface area contributed by atoms with Gasteiger partial charge in [0.25, 0.3) is 5.91 Å². The molecule has 8 nitrogen and oxygen atoms in total. The van der Waals surface area contributed by atoms with Gasteiger partial charge in [0.2, 0.25) is 5.91 Å². The maximum Gasteiger partial charge on any atom is 0.311 e. The largest absolute Gasteiger partial charge is 0.497 e. The molecule has 1 aliphatic rings. The Morgan fingerprint density at radius 1 is 1.07 bits per heavy atom. The summed E-state index contributed by atoms with van der Waals surface area (Å²) in [6.45, 7) is -0.509. The number of para-hydroxylation sites is 1. The second-order valence-corrected chi connectivity index (χ2v) is 6.87. The molecular formula is C22H24N2O6. The van der Waals surface area contributed by atoms with Crippen LogP contribution in [0.2, 0.25) is 0 Å². The number of primary amides is 1. The lowest BCUT2D eigenvalue weighted by molar-refractivity contribution is -0.154. The van der Waals surface area contributed by atoms with Gasteiger partial charge in [-0.05, 0) is 36.8 Å². The standard InChI is InChI=1S/C22H24N2O6/c1-28-15-9-7-14(8-10-15)24-20(26)12-11-17(22(27)30-13-19(23)25)21(24)16-5-3-4-6-18(16)29-2/h3-10,17,21H,11-13H2,1-2H3,(H2,23,25)/t17-,21-/m1/s1. The molecule has 8 heteroatoms. The average Bonchev–Trinajstić information content (AvgIpc) is 2.77. The fraction of sp³-hybridized carbons (Fsp3) is 0.318. The van der Waals surface area contributed by atoms with Gasteiger partial charge in [0.05, 0.1) is 26.2 Å². The first-order valence-corrected chi connectivity index (χ1v) is 9.50. The Morgan fingerprint density at radius 2 is 1.77 bits per heavy atom.